The minimum Gasteiger partial charge on any atom is -0.439 e. The van der Waals surface area contributed by atoms with E-state index in [1.54, 1.807) is 23.5 Å². The van der Waals surface area contributed by atoms with E-state index < -0.39 is 0 Å². The molecule has 1 unspecified atom stereocenters. The van der Waals surface area contributed by atoms with E-state index >= 15 is 0 Å². The average Bonchev–Trinajstić information content (AvgIpc) is 3.09. The number of aromatic nitrogens is 1. The van der Waals surface area contributed by atoms with Gasteiger partial charge in [-0.25, -0.2) is 4.98 Å². The van der Waals surface area contributed by atoms with Crippen LogP contribution in [0.4, 0.5) is 0 Å². The summed E-state index contributed by atoms with van der Waals surface area (Å²) < 4.78 is 5.62. The van der Waals surface area contributed by atoms with E-state index in [1.807, 2.05) is 48.7 Å². The zero-order chi connectivity index (χ0) is 16.8. The molecule has 24 heavy (non-hydrogen) atoms. The van der Waals surface area contributed by atoms with Crippen LogP contribution >= 0.6 is 11.3 Å². The first-order valence-corrected chi connectivity index (χ1v) is 8.61. The predicted molar refractivity (Wildman–Crippen MR) is 95.7 cm³/mol. The summed E-state index contributed by atoms with van der Waals surface area (Å²) in [5.74, 6) is 1.05. The summed E-state index contributed by atoms with van der Waals surface area (Å²) in [6.07, 6.45) is 2.36. The maximum absolute atomic E-state index is 12.3. The van der Waals surface area contributed by atoms with Crippen molar-refractivity contribution < 1.29 is 9.53 Å². The van der Waals surface area contributed by atoms with Crippen LogP contribution in [0.15, 0.2) is 66.2 Å². The van der Waals surface area contributed by atoms with Gasteiger partial charge in [0.05, 0.1) is 5.56 Å². The molecule has 0 radical (unpaired) electrons. The lowest BCUT2D eigenvalue weighted by Gasteiger charge is -2.13. The molecule has 2 aromatic heterocycles. The number of hydrogen-bond acceptors (Lipinski definition) is 4. The molecule has 3 rings (SSSR count). The monoisotopic (exact) mass is 338 g/mol. The molecule has 122 valence electrons. The van der Waals surface area contributed by atoms with Crippen molar-refractivity contribution in [2.45, 2.75) is 19.4 Å². The molecule has 1 aromatic carbocycles. The average molecular weight is 338 g/mol. The lowest BCUT2D eigenvalue weighted by Crippen LogP contribution is -2.33. The Labute approximate surface area is 145 Å². The van der Waals surface area contributed by atoms with E-state index in [1.165, 1.54) is 11.1 Å². The number of ether oxygens (including phenoxy) is 1. The molecule has 0 aliphatic rings. The molecule has 0 saturated heterocycles. The van der Waals surface area contributed by atoms with Gasteiger partial charge in [0.25, 0.3) is 5.91 Å². The van der Waals surface area contributed by atoms with E-state index in [0.29, 0.717) is 17.2 Å². The Morgan fingerprint density at radius 2 is 2.00 bits per heavy atom. The van der Waals surface area contributed by atoms with E-state index in [-0.39, 0.29) is 11.9 Å². The van der Waals surface area contributed by atoms with Gasteiger partial charge in [0, 0.05) is 29.6 Å². The molecule has 0 spiro atoms. The number of benzene rings is 1. The summed E-state index contributed by atoms with van der Waals surface area (Å²) in [5, 5.41) is 5.03. The quantitative estimate of drug-likeness (QED) is 0.729. The third kappa shape index (κ3) is 4.43. The van der Waals surface area contributed by atoms with E-state index in [4.69, 9.17) is 4.74 Å². The highest BCUT2D eigenvalue weighted by atomic mass is 32.1. The van der Waals surface area contributed by atoms with E-state index in [0.717, 1.165) is 6.42 Å². The van der Waals surface area contributed by atoms with Gasteiger partial charge >= 0.3 is 0 Å². The Kier molecular flexibility index (Phi) is 5.23. The second-order valence-electron chi connectivity index (χ2n) is 5.46. The number of nitrogens with one attached hydrogen (secondary N) is 1. The second kappa shape index (κ2) is 7.75. The Morgan fingerprint density at radius 1 is 1.17 bits per heavy atom. The smallest absolute Gasteiger partial charge is 0.253 e. The summed E-state index contributed by atoms with van der Waals surface area (Å²) in [6.45, 7) is 2.00. The van der Waals surface area contributed by atoms with Gasteiger partial charge in [0.1, 0.15) is 5.75 Å². The molecule has 1 atom stereocenters. The number of amides is 1. The molecule has 0 fully saturated rings. The summed E-state index contributed by atoms with van der Waals surface area (Å²) in [7, 11) is 0. The number of rotatable bonds is 6. The normalized spacial score (nSPS) is 11.7. The molecule has 0 bridgehead atoms. The van der Waals surface area contributed by atoms with Crippen molar-refractivity contribution in [1.29, 1.82) is 0 Å². The van der Waals surface area contributed by atoms with Crippen LogP contribution in [0.1, 0.15) is 22.2 Å². The maximum atomic E-state index is 12.3. The Bertz CT molecular complexity index is 771. The third-order valence-electron chi connectivity index (χ3n) is 3.43. The van der Waals surface area contributed by atoms with Crippen LogP contribution in [0, 0.1) is 0 Å². The number of nitrogens with zero attached hydrogens (tertiary/aromatic N) is 1. The number of carbonyl (C=O) groups is 1. The molecule has 5 heteroatoms. The van der Waals surface area contributed by atoms with Gasteiger partial charge in [0.2, 0.25) is 5.88 Å². The van der Waals surface area contributed by atoms with Crippen LogP contribution in [-0.2, 0) is 6.42 Å². The van der Waals surface area contributed by atoms with Gasteiger partial charge in [-0.2, -0.15) is 0 Å². The molecule has 1 N–H and O–H groups in total. The number of pyridine rings is 1. The summed E-state index contributed by atoms with van der Waals surface area (Å²) in [5.41, 5.74) is 0.522. The van der Waals surface area contributed by atoms with Gasteiger partial charge in [-0.15, -0.1) is 11.3 Å². The predicted octanol–water partition coefficient (Wildman–Crippen LogP) is 4.30. The van der Waals surface area contributed by atoms with Gasteiger partial charge in [-0.3, -0.25) is 4.79 Å². The van der Waals surface area contributed by atoms with Crippen LogP contribution in [0.25, 0.3) is 0 Å². The topological polar surface area (TPSA) is 51.2 Å². The van der Waals surface area contributed by atoms with Crippen LogP contribution in [0.3, 0.4) is 0 Å². The number of hydrogen-bond donors (Lipinski definition) is 1. The molecule has 0 saturated carbocycles. The lowest BCUT2D eigenvalue weighted by atomic mass is 10.2. The number of thiophene rings is 1. The van der Waals surface area contributed by atoms with Crippen LogP contribution < -0.4 is 10.1 Å². The van der Waals surface area contributed by atoms with Crippen LogP contribution in [-0.4, -0.2) is 16.9 Å². The first-order valence-electron chi connectivity index (χ1n) is 7.73. The second-order valence-corrected chi connectivity index (χ2v) is 6.49. The number of carbonyl (C=O) groups excluding carboxylic acids is 1. The zero-order valence-electron chi connectivity index (χ0n) is 13.3. The minimum atomic E-state index is -0.127. The highest BCUT2D eigenvalue weighted by Gasteiger charge is 2.11. The maximum Gasteiger partial charge on any atom is 0.253 e. The lowest BCUT2D eigenvalue weighted by molar-refractivity contribution is 0.0940. The first-order chi connectivity index (χ1) is 11.7. The van der Waals surface area contributed by atoms with Crippen molar-refractivity contribution >= 4 is 17.2 Å². The fourth-order valence-electron chi connectivity index (χ4n) is 2.27. The molecule has 0 aliphatic heterocycles. The van der Waals surface area contributed by atoms with Gasteiger partial charge in [-0.1, -0.05) is 24.3 Å². The number of para-hydroxylation sites is 1. The summed E-state index contributed by atoms with van der Waals surface area (Å²) in [6, 6.07) is 17.0. The summed E-state index contributed by atoms with van der Waals surface area (Å²) >= 11 is 1.70. The van der Waals surface area contributed by atoms with Crippen LogP contribution in [0.2, 0.25) is 0 Å². The fraction of sp³-hybridized carbons (Fsp3) is 0.158. The van der Waals surface area contributed by atoms with E-state index in [9.17, 15) is 4.79 Å². The Morgan fingerprint density at radius 3 is 2.67 bits per heavy atom. The molecular formula is C19H18N2O2S. The molecular weight excluding hydrogens is 320 g/mol. The van der Waals surface area contributed by atoms with Crippen molar-refractivity contribution in [3.05, 3.63) is 76.6 Å². The van der Waals surface area contributed by atoms with Gasteiger partial charge in [0.15, 0.2) is 0 Å². The van der Waals surface area contributed by atoms with Gasteiger partial charge < -0.3 is 10.1 Å². The SMILES string of the molecule is CC(Cc1cccs1)NC(=O)c1ccc(Oc2ccccc2)nc1. The van der Waals surface area contributed by atoms with Crippen molar-refractivity contribution in [3.63, 3.8) is 0 Å². The van der Waals surface area contributed by atoms with Crippen LogP contribution in [0.5, 0.6) is 11.6 Å². The summed E-state index contributed by atoms with van der Waals surface area (Å²) in [4.78, 5) is 17.7. The van der Waals surface area contributed by atoms with Crippen molar-refractivity contribution in [2.75, 3.05) is 0 Å². The molecule has 2 heterocycles. The highest BCUT2D eigenvalue weighted by molar-refractivity contribution is 7.09. The fourth-order valence-corrected chi connectivity index (χ4v) is 3.11. The van der Waals surface area contributed by atoms with Crippen molar-refractivity contribution in [1.82, 2.24) is 10.3 Å². The molecule has 3 aromatic rings. The minimum absolute atomic E-state index is 0.0661. The molecule has 1 amide bonds. The van der Waals surface area contributed by atoms with Crippen molar-refractivity contribution in [3.8, 4) is 11.6 Å². The first kappa shape index (κ1) is 16.2. The zero-order valence-corrected chi connectivity index (χ0v) is 14.1. The Hall–Kier alpha value is -2.66. The molecule has 4 nitrogen and oxygen atoms in total. The Balaban J connectivity index is 1.57. The molecule has 0 aliphatic carbocycles. The standard InChI is InChI=1S/C19H18N2O2S/c1-14(12-17-8-5-11-24-17)21-19(22)15-9-10-18(20-13-15)23-16-6-3-2-4-7-16/h2-11,13-14H,12H2,1H3,(H,21,22). The van der Waals surface area contributed by atoms with E-state index in [2.05, 4.69) is 16.4 Å². The highest BCUT2D eigenvalue weighted by Crippen LogP contribution is 2.18. The largest absolute Gasteiger partial charge is 0.439 e. The van der Waals surface area contributed by atoms with Crippen molar-refractivity contribution in [2.24, 2.45) is 0 Å². The van der Waals surface area contributed by atoms with Gasteiger partial charge in [-0.05, 0) is 36.6 Å². The third-order valence-corrected chi connectivity index (χ3v) is 4.33.